The first kappa shape index (κ1) is 9.45. The van der Waals surface area contributed by atoms with Crippen LogP contribution >= 0.6 is 0 Å². The topological polar surface area (TPSA) is 75.9 Å². The zero-order valence-electron chi connectivity index (χ0n) is 8.20. The van der Waals surface area contributed by atoms with Gasteiger partial charge < -0.3 is 10.7 Å². The van der Waals surface area contributed by atoms with Crippen LogP contribution in [-0.4, -0.2) is 16.7 Å². The van der Waals surface area contributed by atoms with Gasteiger partial charge in [0.25, 0.3) is 11.7 Å². The second kappa shape index (κ2) is 3.24. The number of hydrogen-bond acceptors (Lipinski definition) is 2. The minimum Gasteiger partial charge on any atom is -0.363 e. The Morgan fingerprint density at radius 3 is 2.73 bits per heavy atom. The Morgan fingerprint density at radius 2 is 2.07 bits per heavy atom. The number of nitrogens with two attached hydrogens (primary N) is 1. The molecule has 1 aromatic carbocycles. The molecule has 4 nitrogen and oxygen atoms in total. The van der Waals surface area contributed by atoms with E-state index in [1.54, 1.807) is 0 Å². The van der Waals surface area contributed by atoms with Crippen LogP contribution in [0.2, 0.25) is 0 Å². The molecule has 0 aliphatic carbocycles. The third-order valence-corrected chi connectivity index (χ3v) is 2.31. The smallest absolute Gasteiger partial charge is 0.289 e. The molecule has 0 atom stereocenters. The van der Waals surface area contributed by atoms with Crippen molar-refractivity contribution in [1.29, 1.82) is 0 Å². The van der Waals surface area contributed by atoms with Gasteiger partial charge in [-0.15, -0.1) is 0 Å². The molecule has 15 heavy (non-hydrogen) atoms. The van der Waals surface area contributed by atoms with Gasteiger partial charge in [0.15, 0.2) is 0 Å². The molecule has 3 N–H and O–H groups in total. The summed E-state index contributed by atoms with van der Waals surface area (Å²) in [5, 5.41) is 0.735. The monoisotopic (exact) mass is 202 g/mol. The SMILES string of the molecule is Cc1ccc2[nH]cc(C(=O)C(N)=O)c2c1. The number of H-pyrrole nitrogens is 1. The standard InChI is InChI=1S/C11H10N2O2/c1-6-2-3-9-7(4-6)8(5-13-9)10(14)11(12)15/h2-5,13H,1H3,(H2,12,15). The number of aromatic amines is 1. The van der Waals surface area contributed by atoms with Crippen molar-refractivity contribution < 1.29 is 9.59 Å². The van der Waals surface area contributed by atoms with Gasteiger partial charge >= 0.3 is 0 Å². The summed E-state index contributed by atoms with van der Waals surface area (Å²) < 4.78 is 0. The number of primary amides is 1. The van der Waals surface area contributed by atoms with Gasteiger partial charge in [-0.2, -0.15) is 0 Å². The normalized spacial score (nSPS) is 10.5. The predicted octanol–water partition coefficient (Wildman–Crippen LogP) is 1.14. The molecule has 1 amide bonds. The quantitative estimate of drug-likeness (QED) is 0.566. The molecule has 0 spiro atoms. The summed E-state index contributed by atoms with van der Waals surface area (Å²) >= 11 is 0. The molecule has 4 heteroatoms. The summed E-state index contributed by atoms with van der Waals surface area (Å²) in [4.78, 5) is 25.1. The van der Waals surface area contributed by atoms with Crippen molar-refractivity contribution in [1.82, 2.24) is 4.98 Å². The van der Waals surface area contributed by atoms with Gasteiger partial charge in [0.2, 0.25) is 0 Å². The van der Waals surface area contributed by atoms with Crippen LogP contribution in [0.1, 0.15) is 15.9 Å². The lowest BCUT2D eigenvalue weighted by Gasteiger charge is -1.96. The average Bonchev–Trinajstić information content (AvgIpc) is 2.59. The summed E-state index contributed by atoms with van der Waals surface area (Å²) in [5.41, 5.74) is 7.14. The first-order valence-corrected chi connectivity index (χ1v) is 4.51. The fourth-order valence-electron chi connectivity index (χ4n) is 1.56. The first-order valence-electron chi connectivity index (χ1n) is 4.51. The van der Waals surface area contributed by atoms with E-state index in [9.17, 15) is 9.59 Å². The second-order valence-corrected chi connectivity index (χ2v) is 3.44. The molecule has 0 fully saturated rings. The van der Waals surface area contributed by atoms with E-state index in [2.05, 4.69) is 4.98 Å². The Hall–Kier alpha value is -2.10. The molecule has 1 heterocycles. The lowest BCUT2D eigenvalue weighted by molar-refractivity contribution is -0.114. The third-order valence-electron chi connectivity index (χ3n) is 2.31. The van der Waals surface area contributed by atoms with Crippen molar-refractivity contribution in [2.24, 2.45) is 5.73 Å². The fourth-order valence-corrected chi connectivity index (χ4v) is 1.56. The summed E-state index contributed by atoms with van der Waals surface area (Å²) in [5.74, 6) is -1.59. The maximum atomic E-state index is 11.4. The highest BCUT2D eigenvalue weighted by Gasteiger charge is 2.16. The number of carbonyl (C=O) groups excluding carboxylic acids is 2. The third kappa shape index (κ3) is 1.50. The molecule has 0 saturated carbocycles. The van der Waals surface area contributed by atoms with Gasteiger partial charge in [0.05, 0.1) is 5.56 Å². The molecular weight excluding hydrogens is 192 g/mol. The second-order valence-electron chi connectivity index (χ2n) is 3.44. The predicted molar refractivity (Wildman–Crippen MR) is 56.6 cm³/mol. The van der Waals surface area contributed by atoms with Crippen LogP contribution in [0.15, 0.2) is 24.4 Å². The van der Waals surface area contributed by atoms with Crippen LogP contribution < -0.4 is 5.73 Å². The van der Waals surface area contributed by atoms with Gasteiger partial charge in [0.1, 0.15) is 0 Å². The largest absolute Gasteiger partial charge is 0.363 e. The molecule has 2 aromatic rings. The number of ketones is 1. The van der Waals surface area contributed by atoms with Crippen LogP contribution in [0.3, 0.4) is 0 Å². The molecule has 0 aliphatic rings. The van der Waals surface area contributed by atoms with Gasteiger partial charge in [0, 0.05) is 17.1 Å². The van der Waals surface area contributed by atoms with Gasteiger partial charge in [-0.3, -0.25) is 9.59 Å². The number of carbonyl (C=O) groups is 2. The Bertz CT molecular complexity index is 555. The molecule has 2 rings (SSSR count). The van der Waals surface area contributed by atoms with E-state index >= 15 is 0 Å². The van der Waals surface area contributed by atoms with Crippen molar-refractivity contribution in [3.05, 3.63) is 35.5 Å². The Morgan fingerprint density at radius 1 is 1.33 bits per heavy atom. The number of Topliss-reactive ketones (excluding diaryl/α,β-unsaturated/α-hetero) is 1. The van der Waals surface area contributed by atoms with Crippen LogP contribution in [0.4, 0.5) is 0 Å². The number of hydrogen-bond donors (Lipinski definition) is 2. The number of rotatable bonds is 2. The zero-order valence-corrected chi connectivity index (χ0v) is 8.20. The molecule has 0 bridgehead atoms. The average molecular weight is 202 g/mol. The van der Waals surface area contributed by atoms with Gasteiger partial charge in [-0.05, 0) is 19.1 Å². The van der Waals surface area contributed by atoms with Gasteiger partial charge in [-0.25, -0.2) is 0 Å². The highest BCUT2D eigenvalue weighted by Crippen LogP contribution is 2.19. The molecule has 76 valence electrons. The molecule has 0 unspecified atom stereocenters. The van der Waals surface area contributed by atoms with Crippen molar-refractivity contribution in [3.8, 4) is 0 Å². The van der Waals surface area contributed by atoms with E-state index in [1.807, 2.05) is 25.1 Å². The summed E-state index contributed by atoms with van der Waals surface area (Å²) in [6.07, 6.45) is 1.51. The van der Waals surface area contributed by atoms with Crippen LogP contribution in [0.25, 0.3) is 10.9 Å². The van der Waals surface area contributed by atoms with E-state index in [0.717, 1.165) is 16.5 Å². The lowest BCUT2D eigenvalue weighted by atomic mass is 10.1. The minimum atomic E-state index is -0.933. The molecular formula is C11H10N2O2. The highest BCUT2D eigenvalue weighted by atomic mass is 16.2. The Balaban J connectivity index is 2.67. The Labute approximate surface area is 86.1 Å². The zero-order chi connectivity index (χ0) is 11.0. The maximum Gasteiger partial charge on any atom is 0.289 e. The van der Waals surface area contributed by atoms with Crippen molar-refractivity contribution in [2.45, 2.75) is 6.92 Å². The number of fused-ring (bicyclic) bond motifs is 1. The van der Waals surface area contributed by atoms with Crippen molar-refractivity contribution >= 4 is 22.6 Å². The molecule has 0 aliphatic heterocycles. The highest BCUT2D eigenvalue weighted by molar-refractivity contribution is 6.44. The van der Waals surface area contributed by atoms with E-state index in [1.165, 1.54) is 6.20 Å². The first-order chi connectivity index (χ1) is 7.09. The Kier molecular flexibility index (Phi) is 2.04. The number of benzene rings is 1. The van der Waals surface area contributed by atoms with Gasteiger partial charge in [-0.1, -0.05) is 11.6 Å². The maximum absolute atomic E-state index is 11.4. The summed E-state index contributed by atoms with van der Waals surface area (Å²) in [7, 11) is 0. The lowest BCUT2D eigenvalue weighted by Crippen LogP contribution is -2.22. The van der Waals surface area contributed by atoms with E-state index in [4.69, 9.17) is 5.73 Å². The molecule has 1 aromatic heterocycles. The molecule has 0 radical (unpaired) electrons. The number of nitrogens with one attached hydrogen (secondary N) is 1. The summed E-state index contributed by atoms with van der Waals surface area (Å²) in [6, 6.07) is 5.64. The number of aryl methyl sites for hydroxylation is 1. The minimum absolute atomic E-state index is 0.334. The number of amides is 1. The fraction of sp³-hybridized carbons (Fsp3) is 0.0909. The van der Waals surface area contributed by atoms with E-state index < -0.39 is 11.7 Å². The van der Waals surface area contributed by atoms with Crippen LogP contribution in [0, 0.1) is 6.92 Å². The number of aromatic nitrogens is 1. The molecule has 0 saturated heterocycles. The van der Waals surface area contributed by atoms with Crippen LogP contribution in [-0.2, 0) is 4.79 Å². The van der Waals surface area contributed by atoms with Crippen molar-refractivity contribution in [2.75, 3.05) is 0 Å². The van der Waals surface area contributed by atoms with Crippen molar-refractivity contribution in [3.63, 3.8) is 0 Å². The van der Waals surface area contributed by atoms with E-state index in [0.29, 0.717) is 5.56 Å². The summed E-state index contributed by atoms with van der Waals surface area (Å²) in [6.45, 7) is 1.92. The van der Waals surface area contributed by atoms with E-state index in [-0.39, 0.29) is 0 Å². The van der Waals surface area contributed by atoms with Crippen LogP contribution in [0.5, 0.6) is 0 Å².